The van der Waals surface area contributed by atoms with Gasteiger partial charge in [0.25, 0.3) is 0 Å². The Morgan fingerprint density at radius 1 is 1.46 bits per heavy atom. The van der Waals surface area contributed by atoms with Gasteiger partial charge in [0, 0.05) is 5.41 Å². The van der Waals surface area contributed by atoms with E-state index in [0.717, 1.165) is 0 Å². The minimum atomic E-state index is -0.704. The number of nitrogens with zero attached hydrogens (tertiary/aromatic N) is 1. The predicted octanol–water partition coefficient (Wildman–Crippen LogP) is 1.81. The van der Waals surface area contributed by atoms with Crippen LogP contribution in [0.4, 0.5) is 0 Å². The molecule has 2 aliphatic rings. The van der Waals surface area contributed by atoms with E-state index >= 15 is 0 Å². The Morgan fingerprint density at radius 2 is 2.15 bits per heavy atom. The zero-order valence-electron chi connectivity index (χ0n) is 8.07. The van der Waals surface area contributed by atoms with Crippen LogP contribution in [0.2, 0.25) is 0 Å². The van der Waals surface area contributed by atoms with Crippen molar-refractivity contribution in [1.29, 1.82) is 5.26 Å². The normalized spacial score (nSPS) is 41.7. The minimum absolute atomic E-state index is 0.0949. The first kappa shape index (κ1) is 8.58. The van der Waals surface area contributed by atoms with Crippen molar-refractivity contribution in [3.63, 3.8) is 0 Å². The number of nitriles is 1. The van der Waals surface area contributed by atoms with E-state index in [-0.39, 0.29) is 17.6 Å². The summed E-state index contributed by atoms with van der Waals surface area (Å²) < 4.78 is 10.7. The summed E-state index contributed by atoms with van der Waals surface area (Å²) in [5.74, 6) is 0.0949. The lowest BCUT2D eigenvalue weighted by atomic mass is 9.66. The van der Waals surface area contributed by atoms with Gasteiger partial charge in [-0.05, 0) is 6.08 Å². The summed E-state index contributed by atoms with van der Waals surface area (Å²) in [4.78, 5) is 0. The molecule has 1 saturated heterocycles. The predicted molar refractivity (Wildman–Crippen MR) is 46.4 cm³/mol. The molecule has 3 nitrogen and oxygen atoms in total. The zero-order chi connectivity index (χ0) is 9.69. The molecule has 0 amide bonds. The Bertz CT molecular complexity index is 297. The summed E-state index contributed by atoms with van der Waals surface area (Å²) >= 11 is 0. The van der Waals surface area contributed by atoms with Crippen LogP contribution in [0, 0.1) is 22.7 Å². The van der Waals surface area contributed by atoms with Crippen LogP contribution in [0.5, 0.6) is 0 Å². The summed E-state index contributed by atoms with van der Waals surface area (Å²) in [5.41, 5.74) is -0.883. The summed E-state index contributed by atoms with van der Waals surface area (Å²) in [6.45, 7) is 6.04. The molecule has 1 fully saturated rings. The van der Waals surface area contributed by atoms with Crippen molar-refractivity contribution in [3.05, 3.63) is 12.3 Å². The molecule has 0 bridgehead atoms. The van der Waals surface area contributed by atoms with E-state index in [1.165, 1.54) is 0 Å². The largest absolute Gasteiger partial charge is 0.472 e. The SMILES string of the molecule is CC(C)(C)[C@]1(C#N)O[C@H]2OC=C[C@H]21. The Hall–Kier alpha value is -1.01. The van der Waals surface area contributed by atoms with Crippen LogP contribution in [0.1, 0.15) is 20.8 Å². The van der Waals surface area contributed by atoms with E-state index in [2.05, 4.69) is 6.07 Å². The maximum Gasteiger partial charge on any atom is 0.211 e. The second kappa shape index (κ2) is 2.27. The van der Waals surface area contributed by atoms with Gasteiger partial charge in [-0.2, -0.15) is 5.26 Å². The van der Waals surface area contributed by atoms with Crippen LogP contribution in [0.3, 0.4) is 0 Å². The topological polar surface area (TPSA) is 42.2 Å². The average Bonchev–Trinajstić information content (AvgIpc) is 2.32. The van der Waals surface area contributed by atoms with E-state index < -0.39 is 5.60 Å². The second-order valence-electron chi connectivity index (χ2n) is 4.57. The molecule has 2 aliphatic heterocycles. The molecular formula is C10H13NO2. The highest BCUT2D eigenvalue weighted by molar-refractivity contribution is 5.25. The third-order valence-corrected chi connectivity index (χ3v) is 2.84. The van der Waals surface area contributed by atoms with Crippen LogP contribution >= 0.6 is 0 Å². The minimum Gasteiger partial charge on any atom is -0.472 e. The molecule has 0 aromatic heterocycles. The fourth-order valence-corrected chi connectivity index (χ4v) is 1.95. The quantitative estimate of drug-likeness (QED) is 0.569. The zero-order valence-corrected chi connectivity index (χ0v) is 8.07. The molecule has 0 saturated carbocycles. The molecule has 0 aromatic rings. The number of fused-ring (bicyclic) bond motifs is 1. The summed E-state index contributed by atoms with van der Waals surface area (Å²) in [5, 5.41) is 9.15. The van der Waals surface area contributed by atoms with Crippen molar-refractivity contribution >= 4 is 0 Å². The molecule has 0 unspecified atom stereocenters. The molecule has 0 N–H and O–H groups in total. The maximum atomic E-state index is 9.15. The van der Waals surface area contributed by atoms with Crippen molar-refractivity contribution in [3.8, 4) is 6.07 Å². The highest BCUT2D eigenvalue weighted by atomic mass is 16.7. The van der Waals surface area contributed by atoms with Gasteiger partial charge >= 0.3 is 0 Å². The highest BCUT2D eigenvalue weighted by Gasteiger charge is 2.64. The summed E-state index contributed by atoms with van der Waals surface area (Å²) in [6.07, 6.45) is 3.32. The maximum absolute atomic E-state index is 9.15. The molecule has 0 radical (unpaired) electrons. The summed E-state index contributed by atoms with van der Waals surface area (Å²) in [6, 6.07) is 2.27. The smallest absolute Gasteiger partial charge is 0.211 e. The van der Waals surface area contributed by atoms with Gasteiger partial charge in [0.1, 0.15) is 0 Å². The molecule has 70 valence electrons. The van der Waals surface area contributed by atoms with Gasteiger partial charge in [-0.3, -0.25) is 0 Å². The van der Waals surface area contributed by atoms with E-state index in [0.29, 0.717) is 0 Å². The van der Waals surface area contributed by atoms with Crippen LogP contribution in [0.25, 0.3) is 0 Å². The number of hydrogen-bond acceptors (Lipinski definition) is 3. The fourth-order valence-electron chi connectivity index (χ4n) is 1.95. The lowest BCUT2D eigenvalue weighted by Gasteiger charge is -2.52. The van der Waals surface area contributed by atoms with Crippen molar-refractivity contribution in [1.82, 2.24) is 0 Å². The highest BCUT2D eigenvalue weighted by Crippen LogP contribution is 2.52. The van der Waals surface area contributed by atoms with Crippen molar-refractivity contribution in [2.24, 2.45) is 11.3 Å². The third-order valence-electron chi connectivity index (χ3n) is 2.84. The Balaban J connectivity index is 2.31. The van der Waals surface area contributed by atoms with E-state index in [4.69, 9.17) is 14.7 Å². The molecule has 3 atom stereocenters. The fraction of sp³-hybridized carbons (Fsp3) is 0.700. The Labute approximate surface area is 77.9 Å². The van der Waals surface area contributed by atoms with E-state index in [1.54, 1.807) is 6.26 Å². The van der Waals surface area contributed by atoms with E-state index in [1.807, 2.05) is 26.8 Å². The second-order valence-corrected chi connectivity index (χ2v) is 4.57. The van der Waals surface area contributed by atoms with Crippen molar-refractivity contribution in [2.75, 3.05) is 0 Å². The van der Waals surface area contributed by atoms with Gasteiger partial charge in [-0.25, -0.2) is 0 Å². The Kier molecular flexibility index (Phi) is 1.50. The molecular weight excluding hydrogens is 166 g/mol. The van der Waals surface area contributed by atoms with Gasteiger partial charge in [-0.1, -0.05) is 20.8 Å². The Morgan fingerprint density at radius 3 is 2.62 bits per heavy atom. The monoisotopic (exact) mass is 179 g/mol. The van der Waals surface area contributed by atoms with Gasteiger partial charge in [0.2, 0.25) is 6.29 Å². The number of ether oxygens (including phenoxy) is 2. The third kappa shape index (κ3) is 0.868. The lowest BCUT2D eigenvalue weighted by Crippen LogP contribution is -2.64. The van der Waals surface area contributed by atoms with Gasteiger partial charge < -0.3 is 9.47 Å². The van der Waals surface area contributed by atoms with Crippen LogP contribution in [-0.2, 0) is 9.47 Å². The first-order valence-electron chi connectivity index (χ1n) is 4.42. The summed E-state index contributed by atoms with van der Waals surface area (Å²) in [7, 11) is 0. The van der Waals surface area contributed by atoms with Gasteiger partial charge in [0.05, 0.1) is 18.2 Å². The average molecular weight is 179 g/mol. The molecule has 2 heterocycles. The molecule has 0 aliphatic carbocycles. The van der Waals surface area contributed by atoms with E-state index in [9.17, 15) is 0 Å². The lowest BCUT2D eigenvalue weighted by molar-refractivity contribution is -0.320. The van der Waals surface area contributed by atoms with Crippen LogP contribution in [-0.4, -0.2) is 11.9 Å². The first-order valence-corrected chi connectivity index (χ1v) is 4.42. The molecule has 0 spiro atoms. The molecule has 3 heteroatoms. The first-order chi connectivity index (χ1) is 6.01. The number of hydrogen-bond donors (Lipinski definition) is 0. The van der Waals surface area contributed by atoms with Gasteiger partial charge in [0.15, 0.2) is 5.60 Å². The van der Waals surface area contributed by atoms with Crippen LogP contribution in [0.15, 0.2) is 12.3 Å². The van der Waals surface area contributed by atoms with Gasteiger partial charge in [-0.15, -0.1) is 0 Å². The van der Waals surface area contributed by atoms with Crippen LogP contribution < -0.4 is 0 Å². The standard InChI is InChI=1S/C10H13NO2/c1-9(2,3)10(6-11)7-4-5-12-8(7)13-10/h4-5,7-8H,1-3H3/t7-,8-,10-/m1/s1. The molecule has 2 rings (SSSR count). The van der Waals surface area contributed by atoms with Crippen molar-refractivity contribution in [2.45, 2.75) is 32.7 Å². The van der Waals surface area contributed by atoms with Crippen molar-refractivity contribution < 1.29 is 9.47 Å². The molecule has 13 heavy (non-hydrogen) atoms. The number of rotatable bonds is 0. The molecule has 0 aromatic carbocycles.